The van der Waals surface area contributed by atoms with Crippen molar-refractivity contribution in [1.82, 2.24) is 4.90 Å². The number of hydrogen-bond donors (Lipinski definition) is 1. The van der Waals surface area contributed by atoms with Crippen molar-refractivity contribution in [2.75, 3.05) is 27.3 Å². The first-order valence-corrected chi connectivity index (χ1v) is 11.0. The molecule has 1 saturated heterocycles. The Bertz CT molecular complexity index is 1060. The van der Waals surface area contributed by atoms with Gasteiger partial charge in [-0.15, -0.1) is 0 Å². The molecule has 0 radical (unpaired) electrons. The van der Waals surface area contributed by atoms with E-state index < -0.39 is 0 Å². The van der Waals surface area contributed by atoms with Crippen molar-refractivity contribution in [3.05, 3.63) is 52.3 Å². The van der Waals surface area contributed by atoms with Gasteiger partial charge in [0.05, 0.1) is 25.3 Å². The number of carbonyl (C=O) groups is 1. The fraction of sp³-hybridized carbons (Fsp3) is 0.423. The molecule has 1 N–H and O–H groups in total. The molecule has 2 aliphatic heterocycles. The fourth-order valence-corrected chi connectivity index (χ4v) is 4.97. The number of nitrogens with zero attached hydrogens (tertiary/aromatic N) is 1. The Morgan fingerprint density at radius 3 is 2.47 bits per heavy atom. The third-order valence-corrected chi connectivity index (χ3v) is 6.25. The maximum atomic E-state index is 13.2. The second kappa shape index (κ2) is 8.87. The molecule has 2 unspecified atom stereocenters. The number of aromatic hydroxyl groups is 1. The van der Waals surface area contributed by atoms with Crippen LogP contribution in [-0.4, -0.2) is 43.1 Å². The maximum Gasteiger partial charge on any atom is 0.232 e. The molecule has 4 rings (SSSR count). The van der Waals surface area contributed by atoms with E-state index in [0.717, 1.165) is 18.7 Å². The number of ether oxygens (including phenoxy) is 3. The number of rotatable bonds is 5. The highest BCUT2D eigenvalue weighted by atomic mass is 16.5. The van der Waals surface area contributed by atoms with E-state index in [1.807, 2.05) is 13.0 Å². The van der Waals surface area contributed by atoms with Gasteiger partial charge >= 0.3 is 0 Å². The molecule has 170 valence electrons. The molecule has 6 heteroatoms. The molecular formula is C26H31NO5. The number of carbonyl (C=O) groups excluding carboxylic acids is 1. The average molecular weight is 438 g/mol. The summed E-state index contributed by atoms with van der Waals surface area (Å²) in [6, 6.07) is 7.10. The van der Waals surface area contributed by atoms with Crippen molar-refractivity contribution in [3.8, 4) is 23.0 Å². The zero-order valence-electron chi connectivity index (χ0n) is 19.4. The Labute approximate surface area is 189 Å². The second-order valence-corrected chi connectivity index (χ2v) is 9.09. The van der Waals surface area contributed by atoms with E-state index in [2.05, 4.69) is 18.7 Å². The van der Waals surface area contributed by atoms with E-state index in [9.17, 15) is 9.90 Å². The highest BCUT2D eigenvalue weighted by Gasteiger charge is 2.34. The zero-order valence-corrected chi connectivity index (χ0v) is 19.4. The van der Waals surface area contributed by atoms with Crippen molar-refractivity contribution < 1.29 is 24.1 Å². The van der Waals surface area contributed by atoms with Crippen molar-refractivity contribution >= 4 is 11.9 Å². The summed E-state index contributed by atoms with van der Waals surface area (Å²) in [6.07, 6.45) is 2.91. The Morgan fingerprint density at radius 2 is 1.81 bits per heavy atom. The van der Waals surface area contributed by atoms with Gasteiger partial charge in [0.1, 0.15) is 11.5 Å². The van der Waals surface area contributed by atoms with Crippen LogP contribution >= 0.6 is 0 Å². The Hall–Kier alpha value is -2.99. The van der Waals surface area contributed by atoms with Gasteiger partial charge in [-0.2, -0.15) is 0 Å². The Balaban J connectivity index is 1.68. The Morgan fingerprint density at radius 1 is 1.12 bits per heavy atom. The third-order valence-electron chi connectivity index (χ3n) is 6.25. The molecule has 0 amide bonds. The van der Waals surface area contributed by atoms with Crippen LogP contribution in [0, 0.1) is 18.8 Å². The van der Waals surface area contributed by atoms with Gasteiger partial charge in [-0.1, -0.05) is 19.9 Å². The standard InChI is InChI=1S/C26H31NO5/c1-15-8-16(2)13-27(12-15)14-19-20(28)9-17(3)24-25(29)23(32-26(19)24)11-18-6-7-21(30-4)22(10-18)31-5/h6-7,9-11,15-16,28H,8,12-14H2,1-5H3/b23-11+. The Kier molecular flexibility index (Phi) is 6.15. The number of phenolic OH excluding ortho intramolecular Hbond substituents is 1. The van der Waals surface area contributed by atoms with Gasteiger partial charge in [0, 0.05) is 19.6 Å². The molecule has 1 fully saturated rings. The zero-order chi connectivity index (χ0) is 23.0. The summed E-state index contributed by atoms with van der Waals surface area (Å²) in [5.74, 6) is 3.11. The van der Waals surface area contributed by atoms with Crippen LogP contribution in [0.25, 0.3) is 6.08 Å². The van der Waals surface area contributed by atoms with Crippen LogP contribution < -0.4 is 14.2 Å². The maximum absolute atomic E-state index is 13.2. The molecule has 0 aliphatic carbocycles. The lowest BCUT2D eigenvalue weighted by molar-refractivity contribution is 0.101. The lowest BCUT2D eigenvalue weighted by atomic mass is 9.91. The number of methoxy groups -OCH3 is 2. The predicted molar refractivity (Wildman–Crippen MR) is 124 cm³/mol. The van der Waals surface area contributed by atoms with E-state index in [4.69, 9.17) is 14.2 Å². The number of hydrogen-bond acceptors (Lipinski definition) is 6. The summed E-state index contributed by atoms with van der Waals surface area (Å²) in [5.41, 5.74) is 2.68. The van der Waals surface area contributed by atoms with Gasteiger partial charge in [0.2, 0.25) is 5.78 Å². The third kappa shape index (κ3) is 4.19. The average Bonchev–Trinajstić information content (AvgIpc) is 3.06. The first-order chi connectivity index (χ1) is 15.3. The largest absolute Gasteiger partial charge is 0.507 e. The topological polar surface area (TPSA) is 68.2 Å². The molecule has 0 bridgehead atoms. The van der Waals surface area contributed by atoms with E-state index in [-0.39, 0.29) is 17.3 Å². The van der Waals surface area contributed by atoms with Gasteiger partial charge in [-0.3, -0.25) is 9.69 Å². The van der Waals surface area contributed by atoms with Gasteiger partial charge in [0.25, 0.3) is 0 Å². The highest BCUT2D eigenvalue weighted by molar-refractivity contribution is 6.15. The van der Waals surface area contributed by atoms with Crippen LogP contribution in [0.1, 0.15) is 47.3 Å². The summed E-state index contributed by atoms with van der Waals surface area (Å²) in [5, 5.41) is 10.7. The van der Waals surface area contributed by atoms with Gasteiger partial charge in [-0.05, 0) is 60.6 Å². The highest BCUT2D eigenvalue weighted by Crippen LogP contribution is 2.43. The van der Waals surface area contributed by atoms with Crippen molar-refractivity contribution in [3.63, 3.8) is 0 Å². The number of piperidine rings is 1. The normalized spacial score (nSPS) is 22.0. The molecule has 0 spiro atoms. The van der Waals surface area contributed by atoms with Crippen molar-refractivity contribution in [2.45, 2.75) is 33.7 Å². The minimum atomic E-state index is -0.172. The minimum Gasteiger partial charge on any atom is -0.507 e. The van der Waals surface area contributed by atoms with E-state index in [1.54, 1.807) is 38.5 Å². The first kappa shape index (κ1) is 22.2. The number of benzene rings is 2. The summed E-state index contributed by atoms with van der Waals surface area (Å²) >= 11 is 0. The van der Waals surface area contributed by atoms with Crippen LogP contribution in [0.15, 0.2) is 30.0 Å². The van der Waals surface area contributed by atoms with Gasteiger partial charge in [-0.25, -0.2) is 0 Å². The lowest BCUT2D eigenvalue weighted by Gasteiger charge is -2.35. The van der Waals surface area contributed by atoms with Crippen molar-refractivity contribution in [1.29, 1.82) is 0 Å². The number of allylic oxidation sites excluding steroid dienone is 1. The van der Waals surface area contributed by atoms with Crippen LogP contribution in [0.2, 0.25) is 0 Å². The first-order valence-electron chi connectivity index (χ1n) is 11.0. The molecular weight excluding hydrogens is 406 g/mol. The monoisotopic (exact) mass is 437 g/mol. The van der Waals surface area contributed by atoms with Crippen LogP contribution in [0.3, 0.4) is 0 Å². The number of phenols is 1. The molecule has 2 heterocycles. The smallest absolute Gasteiger partial charge is 0.232 e. The second-order valence-electron chi connectivity index (χ2n) is 9.09. The molecule has 2 aromatic carbocycles. The summed E-state index contributed by atoms with van der Waals surface area (Å²) < 4.78 is 16.7. The molecule has 0 saturated carbocycles. The van der Waals surface area contributed by atoms with E-state index >= 15 is 0 Å². The van der Waals surface area contributed by atoms with Gasteiger partial charge < -0.3 is 19.3 Å². The van der Waals surface area contributed by atoms with Crippen LogP contribution in [-0.2, 0) is 6.54 Å². The number of ketones is 1. The SMILES string of the molecule is COc1ccc(/C=C2/Oc3c(CN4CC(C)CC(C)C4)c(O)cc(C)c3C2=O)cc1OC. The summed E-state index contributed by atoms with van der Waals surface area (Å²) in [7, 11) is 3.15. The predicted octanol–water partition coefficient (Wildman–Crippen LogP) is 4.81. The fourth-order valence-electron chi connectivity index (χ4n) is 4.97. The minimum absolute atomic E-state index is 0.172. The quantitative estimate of drug-likeness (QED) is 0.677. The molecule has 2 aromatic rings. The van der Waals surface area contributed by atoms with E-state index in [0.29, 0.717) is 52.3 Å². The molecule has 2 atom stereocenters. The van der Waals surface area contributed by atoms with Gasteiger partial charge in [0.15, 0.2) is 17.3 Å². The summed E-state index contributed by atoms with van der Waals surface area (Å²) in [4.78, 5) is 15.6. The number of Topliss-reactive ketones (excluding diaryl/α,β-unsaturated/α-hetero) is 1. The molecule has 0 aromatic heterocycles. The molecule has 2 aliphatic rings. The number of fused-ring (bicyclic) bond motifs is 1. The summed E-state index contributed by atoms with van der Waals surface area (Å²) in [6.45, 7) is 8.83. The van der Waals surface area contributed by atoms with E-state index in [1.165, 1.54) is 6.42 Å². The van der Waals surface area contributed by atoms with Crippen molar-refractivity contribution in [2.24, 2.45) is 11.8 Å². The molecule has 6 nitrogen and oxygen atoms in total. The van der Waals surface area contributed by atoms with Crippen LogP contribution in [0.4, 0.5) is 0 Å². The molecule has 32 heavy (non-hydrogen) atoms. The number of likely N-dealkylation sites (tertiary alicyclic amines) is 1. The van der Waals surface area contributed by atoms with Crippen LogP contribution in [0.5, 0.6) is 23.0 Å². The number of aryl methyl sites for hydroxylation is 1. The lowest BCUT2D eigenvalue weighted by Crippen LogP contribution is -2.38.